The lowest BCUT2D eigenvalue weighted by Gasteiger charge is -2.25. The maximum Gasteiger partial charge on any atom is 0.317 e. The van der Waals surface area contributed by atoms with E-state index in [0.29, 0.717) is 36.9 Å². The predicted octanol–water partition coefficient (Wildman–Crippen LogP) is 3.44. The Balaban J connectivity index is 2.36. The standard InChI is InChI=1S/C20H26N2O4/c1-5-21-20(23)22(13-15-9-7-6-8-10-15)14-16-11-17(24-2)12-18(25-3)19(16)26-4/h6-12H,5,13-14H2,1-4H3,(H,21,23). The molecule has 0 fully saturated rings. The average Bonchev–Trinajstić information content (AvgIpc) is 2.67. The van der Waals surface area contributed by atoms with Crippen LogP contribution in [0, 0.1) is 0 Å². The Kier molecular flexibility index (Phi) is 7.14. The minimum Gasteiger partial charge on any atom is -0.497 e. The summed E-state index contributed by atoms with van der Waals surface area (Å²) in [7, 11) is 4.75. The number of carbonyl (C=O) groups excluding carboxylic acids is 1. The van der Waals surface area contributed by atoms with Crippen molar-refractivity contribution in [1.29, 1.82) is 0 Å². The first kappa shape index (κ1) is 19.4. The summed E-state index contributed by atoms with van der Waals surface area (Å²) in [4.78, 5) is 14.3. The van der Waals surface area contributed by atoms with Crippen LogP contribution in [0.5, 0.6) is 17.2 Å². The van der Waals surface area contributed by atoms with E-state index in [-0.39, 0.29) is 6.03 Å². The molecule has 0 bridgehead atoms. The first-order valence-corrected chi connectivity index (χ1v) is 8.48. The highest BCUT2D eigenvalue weighted by molar-refractivity contribution is 5.74. The molecule has 0 unspecified atom stereocenters. The molecule has 0 aliphatic rings. The Labute approximate surface area is 154 Å². The summed E-state index contributed by atoms with van der Waals surface area (Å²) in [5, 5.41) is 2.86. The van der Waals surface area contributed by atoms with Crippen LogP contribution in [0.15, 0.2) is 42.5 Å². The SMILES string of the molecule is CCNC(=O)N(Cc1ccccc1)Cc1cc(OC)cc(OC)c1OC. The molecule has 0 aromatic heterocycles. The van der Waals surface area contributed by atoms with Gasteiger partial charge in [-0.25, -0.2) is 4.79 Å². The molecule has 1 N–H and O–H groups in total. The van der Waals surface area contributed by atoms with Crippen LogP contribution in [0.4, 0.5) is 4.79 Å². The molecule has 0 heterocycles. The molecule has 2 amide bonds. The fraction of sp³-hybridized carbons (Fsp3) is 0.350. The molecule has 26 heavy (non-hydrogen) atoms. The fourth-order valence-electron chi connectivity index (χ4n) is 2.72. The summed E-state index contributed by atoms with van der Waals surface area (Å²) in [5.74, 6) is 1.81. The third kappa shape index (κ3) is 4.81. The summed E-state index contributed by atoms with van der Waals surface area (Å²) < 4.78 is 16.3. The van der Waals surface area contributed by atoms with Crippen molar-refractivity contribution in [2.24, 2.45) is 0 Å². The zero-order valence-corrected chi connectivity index (χ0v) is 15.7. The zero-order valence-electron chi connectivity index (χ0n) is 15.7. The van der Waals surface area contributed by atoms with Gasteiger partial charge in [-0.3, -0.25) is 0 Å². The van der Waals surface area contributed by atoms with Gasteiger partial charge < -0.3 is 24.4 Å². The third-order valence-corrected chi connectivity index (χ3v) is 3.96. The van der Waals surface area contributed by atoms with Gasteiger partial charge in [0.15, 0.2) is 11.5 Å². The number of carbonyl (C=O) groups is 1. The fourth-order valence-corrected chi connectivity index (χ4v) is 2.72. The van der Waals surface area contributed by atoms with E-state index in [4.69, 9.17) is 14.2 Å². The van der Waals surface area contributed by atoms with Crippen molar-refractivity contribution in [1.82, 2.24) is 10.2 Å². The smallest absolute Gasteiger partial charge is 0.317 e. The van der Waals surface area contributed by atoms with Crippen LogP contribution in [0.1, 0.15) is 18.1 Å². The summed E-state index contributed by atoms with van der Waals surface area (Å²) in [5.41, 5.74) is 1.86. The lowest BCUT2D eigenvalue weighted by molar-refractivity contribution is 0.192. The molecule has 0 saturated heterocycles. The minimum absolute atomic E-state index is 0.139. The predicted molar refractivity (Wildman–Crippen MR) is 101 cm³/mol. The molecule has 6 nitrogen and oxygen atoms in total. The average molecular weight is 358 g/mol. The second kappa shape index (κ2) is 9.56. The van der Waals surface area contributed by atoms with E-state index >= 15 is 0 Å². The molecule has 2 aromatic rings. The van der Waals surface area contributed by atoms with Crippen LogP contribution >= 0.6 is 0 Å². The molecule has 0 spiro atoms. The number of nitrogens with one attached hydrogen (secondary N) is 1. The largest absolute Gasteiger partial charge is 0.497 e. The molecule has 2 rings (SSSR count). The van der Waals surface area contributed by atoms with Crippen LogP contribution in [0.25, 0.3) is 0 Å². The number of methoxy groups -OCH3 is 3. The highest BCUT2D eigenvalue weighted by atomic mass is 16.5. The number of rotatable bonds is 8. The Morgan fingerprint density at radius 2 is 1.73 bits per heavy atom. The number of amides is 2. The molecule has 2 aromatic carbocycles. The zero-order chi connectivity index (χ0) is 18.9. The molecular weight excluding hydrogens is 332 g/mol. The number of hydrogen-bond acceptors (Lipinski definition) is 4. The molecular formula is C20H26N2O4. The van der Waals surface area contributed by atoms with Crippen molar-refractivity contribution < 1.29 is 19.0 Å². The van der Waals surface area contributed by atoms with Crippen molar-refractivity contribution in [3.05, 3.63) is 53.6 Å². The summed E-state index contributed by atoms with van der Waals surface area (Å²) in [6.45, 7) is 3.29. The summed E-state index contributed by atoms with van der Waals surface area (Å²) in [6, 6.07) is 13.3. The van der Waals surface area contributed by atoms with Gasteiger partial charge in [0.1, 0.15) is 5.75 Å². The third-order valence-electron chi connectivity index (χ3n) is 3.96. The Hall–Kier alpha value is -2.89. The number of benzene rings is 2. The van der Waals surface area contributed by atoms with Crippen molar-refractivity contribution in [2.75, 3.05) is 27.9 Å². The van der Waals surface area contributed by atoms with Crippen LogP contribution < -0.4 is 19.5 Å². The van der Waals surface area contributed by atoms with Gasteiger partial charge >= 0.3 is 6.03 Å². The molecule has 0 atom stereocenters. The highest BCUT2D eigenvalue weighted by Gasteiger charge is 2.19. The van der Waals surface area contributed by atoms with Crippen LogP contribution in [-0.4, -0.2) is 38.8 Å². The van der Waals surface area contributed by atoms with E-state index in [1.807, 2.05) is 43.3 Å². The van der Waals surface area contributed by atoms with Gasteiger partial charge in [0, 0.05) is 24.7 Å². The second-order valence-electron chi connectivity index (χ2n) is 5.70. The molecule has 0 aliphatic heterocycles. The van der Waals surface area contributed by atoms with Crippen molar-refractivity contribution in [2.45, 2.75) is 20.0 Å². The van der Waals surface area contributed by atoms with Crippen molar-refractivity contribution in [3.63, 3.8) is 0 Å². The lowest BCUT2D eigenvalue weighted by Crippen LogP contribution is -2.39. The summed E-state index contributed by atoms with van der Waals surface area (Å²) in [6.07, 6.45) is 0. The number of ether oxygens (including phenoxy) is 3. The quantitative estimate of drug-likeness (QED) is 0.785. The van der Waals surface area contributed by atoms with E-state index in [2.05, 4.69) is 5.32 Å². The Morgan fingerprint density at radius 1 is 1.00 bits per heavy atom. The minimum atomic E-state index is -0.139. The number of urea groups is 1. The van der Waals surface area contributed by atoms with Crippen molar-refractivity contribution in [3.8, 4) is 17.2 Å². The monoisotopic (exact) mass is 358 g/mol. The molecule has 140 valence electrons. The maximum atomic E-state index is 12.6. The van der Waals surface area contributed by atoms with E-state index in [1.165, 1.54) is 0 Å². The number of hydrogen-bond donors (Lipinski definition) is 1. The van der Waals surface area contributed by atoms with E-state index < -0.39 is 0 Å². The van der Waals surface area contributed by atoms with Gasteiger partial charge in [-0.1, -0.05) is 30.3 Å². The first-order valence-electron chi connectivity index (χ1n) is 8.48. The van der Waals surface area contributed by atoms with Gasteiger partial charge in [-0.05, 0) is 18.6 Å². The van der Waals surface area contributed by atoms with Gasteiger partial charge in [-0.2, -0.15) is 0 Å². The molecule has 0 saturated carbocycles. The van der Waals surface area contributed by atoms with Gasteiger partial charge in [0.25, 0.3) is 0 Å². The van der Waals surface area contributed by atoms with E-state index in [1.54, 1.807) is 32.3 Å². The Morgan fingerprint density at radius 3 is 2.31 bits per heavy atom. The summed E-state index contributed by atoms with van der Waals surface area (Å²) >= 11 is 0. The van der Waals surface area contributed by atoms with E-state index in [9.17, 15) is 4.79 Å². The van der Waals surface area contributed by atoms with Crippen LogP contribution in [0.3, 0.4) is 0 Å². The highest BCUT2D eigenvalue weighted by Crippen LogP contribution is 2.36. The van der Waals surface area contributed by atoms with Gasteiger partial charge in [-0.15, -0.1) is 0 Å². The van der Waals surface area contributed by atoms with Crippen molar-refractivity contribution >= 4 is 6.03 Å². The molecule has 6 heteroatoms. The van der Waals surface area contributed by atoms with Crippen LogP contribution in [-0.2, 0) is 13.1 Å². The van der Waals surface area contributed by atoms with Gasteiger partial charge in [0.05, 0.1) is 27.9 Å². The normalized spacial score (nSPS) is 10.2. The Bertz CT molecular complexity index is 719. The maximum absolute atomic E-state index is 12.6. The molecule has 0 aliphatic carbocycles. The van der Waals surface area contributed by atoms with Gasteiger partial charge in [0.2, 0.25) is 0 Å². The van der Waals surface area contributed by atoms with E-state index in [0.717, 1.165) is 11.1 Å². The topological polar surface area (TPSA) is 60.0 Å². The second-order valence-corrected chi connectivity index (χ2v) is 5.70. The number of nitrogens with zero attached hydrogens (tertiary/aromatic N) is 1. The lowest BCUT2D eigenvalue weighted by atomic mass is 10.1. The van der Waals surface area contributed by atoms with Crippen LogP contribution in [0.2, 0.25) is 0 Å². The molecule has 0 radical (unpaired) electrons. The first-order chi connectivity index (χ1) is 12.6.